The van der Waals surface area contributed by atoms with Crippen molar-refractivity contribution in [1.29, 1.82) is 0 Å². The van der Waals surface area contributed by atoms with Gasteiger partial charge in [-0.25, -0.2) is 0 Å². The molecule has 0 amide bonds. The Morgan fingerprint density at radius 3 is 2.45 bits per heavy atom. The fraction of sp³-hybridized carbons (Fsp3) is 0.520. The zero-order valence-corrected chi connectivity index (χ0v) is 21.2. The quantitative estimate of drug-likeness (QED) is 0.463. The van der Waals surface area contributed by atoms with E-state index in [1.54, 1.807) is 39.2 Å². The van der Waals surface area contributed by atoms with Gasteiger partial charge in [0.15, 0.2) is 11.9 Å². The fourth-order valence-electron chi connectivity index (χ4n) is 4.47. The van der Waals surface area contributed by atoms with Gasteiger partial charge in [0.2, 0.25) is 0 Å². The van der Waals surface area contributed by atoms with Crippen LogP contribution in [-0.4, -0.2) is 44.8 Å². The first-order chi connectivity index (χ1) is 15.5. The van der Waals surface area contributed by atoms with Crippen LogP contribution in [0.4, 0.5) is 0 Å². The minimum absolute atomic E-state index is 0.0884. The van der Waals surface area contributed by atoms with Gasteiger partial charge >= 0.3 is 5.97 Å². The molecule has 0 aliphatic heterocycles. The fourth-order valence-corrected chi connectivity index (χ4v) is 5.98. The lowest BCUT2D eigenvalue weighted by molar-refractivity contribution is -0.199. The largest absolute Gasteiger partial charge is 0.497 e. The van der Waals surface area contributed by atoms with Gasteiger partial charge in [-0.05, 0) is 37.1 Å². The Morgan fingerprint density at radius 1 is 1.21 bits per heavy atom. The molecule has 2 aromatic rings. The lowest BCUT2D eigenvalue weighted by Gasteiger charge is -2.45. The molecule has 0 bridgehead atoms. The molecule has 0 radical (unpaired) electrons. The van der Waals surface area contributed by atoms with Crippen molar-refractivity contribution >= 4 is 25.2 Å². The van der Waals surface area contributed by atoms with E-state index in [1.807, 2.05) is 12.1 Å². The second-order valence-corrected chi connectivity index (χ2v) is 14.6. The number of carbonyl (C=O) groups is 2. The summed E-state index contributed by atoms with van der Waals surface area (Å²) in [5.41, 5.74) is -0.639. The van der Waals surface area contributed by atoms with E-state index in [4.69, 9.17) is 18.6 Å². The Labute approximate surface area is 196 Å². The molecule has 1 aliphatic carbocycles. The van der Waals surface area contributed by atoms with Crippen molar-refractivity contribution < 1.29 is 33.3 Å². The van der Waals surface area contributed by atoms with E-state index >= 15 is 0 Å². The van der Waals surface area contributed by atoms with Gasteiger partial charge in [-0.3, -0.25) is 9.59 Å². The van der Waals surface area contributed by atoms with Crippen molar-refractivity contribution in [3.8, 4) is 5.75 Å². The van der Waals surface area contributed by atoms with Crippen LogP contribution in [0, 0.1) is 11.8 Å². The lowest BCUT2D eigenvalue weighted by atomic mass is 9.66. The first kappa shape index (κ1) is 25.2. The standard InChI is InChI=1S/C25H34O7Si/c1-7-30-23(27)20-14-16(2)21(26)22(32-15-17-8-10-18(29-3)11-9-17)25(20,28)19-12-13-31-24(19)33(4,5)6/h8-13,16,20,22,28H,7,14-15H2,1-6H3/t16-,20+,22-,25+/m0/s1. The molecule has 0 saturated heterocycles. The molecule has 0 spiro atoms. The Bertz CT molecular complexity index is 975. The number of rotatable bonds is 8. The van der Waals surface area contributed by atoms with Crippen molar-refractivity contribution in [2.45, 2.75) is 58.2 Å². The van der Waals surface area contributed by atoms with E-state index in [9.17, 15) is 14.7 Å². The predicted octanol–water partition coefficient (Wildman–Crippen LogP) is 3.39. The average Bonchev–Trinajstić information content (AvgIpc) is 3.28. The van der Waals surface area contributed by atoms with Crippen LogP contribution in [0.1, 0.15) is 31.4 Å². The van der Waals surface area contributed by atoms with E-state index in [0.717, 1.165) is 5.56 Å². The first-order valence-electron chi connectivity index (χ1n) is 11.3. The molecule has 3 rings (SSSR count). The molecule has 0 unspecified atom stereocenters. The van der Waals surface area contributed by atoms with Crippen LogP contribution in [0.3, 0.4) is 0 Å². The van der Waals surface area contributed by atoms with Gasteiger partial charge in [0.05, 0.1) is 37.9 Å². The van der Waals surface area contributed by atoms with Gasteiger partial charge in [0.1, 0.15) is 19.4 Å². The number of hydrogen-bond donors (Lipinski definition) is 1. The van der Waals surface area contributed by atoms with E-state index in [-0.39, 0.29) is 25.4 Å². The van der Waals surface area contributed by atoms with Gasteiger partial charge in [-0.2, -0.15) is 0 Å². The molecule has 4 atom stereocenters. The molecule has 1 heterocycles. The molecule has 8 heteroatoms. The number of methoxy groups -OCH3 is 1. The maximum Gasteiger partial charge on any atom is 0.312 e. The van der Waals surface area contributed by atoms with E-state index in [1.165, 1.54) is 6.26 Å². The number of Topliss-reactive ketones (excluding diaryl/α,β-unsaturated/α-hetero) is 1. The number of ketones is 1. The van der Waals surface area contributed by atoms with Gasteiger partial charge in [-0.15, -0.1) is 0 Å². The highest BCUT2D eigenvalue weighted by Crippen LogP contribution is 2.45. The number of carbonyl (C=O) groups excluding carboxylic acids is 2. The molecule has 180 valence electrons. The summed E-state index contributed by atoms with van der Waals surface area (Å²) < 4.78 is 22.4. The van der Waals surface area contributed by atoms with E-state index in [0.29, 0.717) is 16.7 Å². The molecule has 1 aromatic heterocycles. The van der Waals surface area contributed by atoms with Crippen LogP contribution in [0.5, 0.6) is 5.75 Å². The van der Waals surface area contributed by atoms with Crippen molar-refractivity contribution in [2.24, 2.45) is 11.8 Å². The second-order valence-electron chi connectivity index (χ2n) is 9.62. The average molecular weight is 475 g/mol. The highest BCUT2D eigenvalue weighted by Gasteiger charge is 2.59. The first-order valence-corrected chi connectivity index (χ1v) is 14.8. The topological polar surface area (TPSA) is 95.2 Å². The van der Waals surface area contributed by atoms with Crippen LogP contribution >= 0.6 is 0 Å². The summed E-state index contributed by atoms with van der Waals surface area (Å²) in [4.78, 5) is 26.4. The smallest absolute Gasteiger partial charge is 0.312 e. The number of esters is 1. The van der Waals surface area contributed by atoms with Crippen molar-refractivity contribution in [3.05, 3.63) is 47.7 Å². The number of ether oxygens (including phenoxy) is 3. The Hall–Kier alpha value is -2.42. The highest BCUT2D eigenvalue weighted by atomic mass is 28.3. The lowest BCUT2D eigenvalue weighted by Crippen LogP contribution is -2.61. The Morgan fingerprint density at radius 2 is 1.88 bits per heavy atom. The van der Waals surface area contributed by atoms with Crippen LogP contribution in [0.2, 0.25) is 19.6 Å². The summed E-state index contributed by atoms with van der Waals surface area (Å²) in [5, 5.41) is 12.9. The van der Waals surface area contributed by atoms with Crippen LogP contribution < -0.4 is 10.1 Å². The van der Waals surface area contributed by atoms with Gasteiger partial charge in [0.25, 0.3) is 0 Å². The summed E-state index contributed by atoms with van der Waals surface area (Å²) in [6.45, 7) is 9.99. The van der Waals surface area contributed by atoms with Crippen LogP contribution in [0.15, 0.2) is 41.0 Å². The monoisotopic (exact) mass is 474 g/mol. The Balaban J connectivity index is 2.06. The Kier molecular flexibility index (Phi) is 7.51. The van der Waals surface area contributed by atoms with Gasteiger partial charge in [0, 0.05) is 11.5 Å². The molecule has 33 heavy (non-hydrogen) atoms. The van der Waals surface area contributed by atoms with Gasteiger partial charge < -0.3 is 23.7 Å². The highest BCUT2D eigenvalue weighted by molar-refractivity contribution is 6.88. The number of benzene rings is 1. The van der Waals surface area contributed by atoms with Gasteiger partial charge in [-0.1, -0.05) is 38.7 Å². The number of aliphatic hydroxyl groups is 1. The second kappa shape index (κ2) is 9.83. The third-order valence-corrected chi connectivity index (χ3v) is 7.94. The van der Waals surface area contributed by atoms with Crippen molar-refractivity contribution in [3.63, 3.8) is 0 Å². The minimum Gasteiger partial charge on any atom is -0.497 e. The molecule has 7 nitrogen and oxygen atoms in total. The molecule has 1 saturated carbocycles. The van der Waals surface area contributed by atoms with E-state index in [2.05, 4.69) is 19.6 Å². The zero-order chi connectivity index (χ0) is 24.4. The maximum absolute atomic E-state index is 13.4. The third kappa shape index (κ3) is 4.93. The molecule has 1 aromatic carbocycles. The normalized spacial score (nSPS) is 25.7. The molecule has 1 aliphatic rings. The SMILES string of the molecule is CCOC(=O)[C@H]1C[C@H](C)C(=O)[C@H](OCc2ccc(OC)cc2)[C@@]1(O)c1ccoc1[Si](C)(C)C. The minimum atomic E-state index is -2.07. The summed E-state index contributed by atoms with van der Waals surface area (Å²) in [6, 6.07) is 8.94. The molecule has 1 N–H and O–H groups in total. The summed E-state index contributed by atoms with van der Waals surface area (Å²) in [5.74, 6) is -1.51. The summed E-state index contributed by atoms with van der Waals surface area (Å²) in [6.07, 6.45) is 0.435. The van der Waals surface area contributed by atoms with Crippen molar-refractivity contribution in [2.75, 3.05) is 13.7 Å². The van der Waals surface area contributed by atoms with Crippen LogP contribution in [-0.2, 0) is 31.3 Å². The third-order valence-electron chi connectivity index (χ3n) is 6.19. The zero-order valence-electron chi connectivity index (χ0n) is 20.2. The molecule has 1 fully saturated rings. The van der Waals surface area contributed by atoms with E-state index < -0.39 is 37.6 Å². The molecular weight excluding hydrogens is 440 g/mol. The number of furan rings is 1. The van der Waals surface area contributed by atoms with Crippen LogP contribution in [0.25, 0.3) is 0 Å². The predicted molar refractivity (Wildman–Crippen MR) is 126 cm³/mol. The molecular formula is C25H34O7Si. The maximum atomic E-state index is 13.4. The number of hydrogen-bond acceptors (Lipinski definition) is 7. The summed E-state index contributed by atoms with van der Waals surface area (Å²) in [7, 11) is -0.478. The summed E-state index contributed by atoms with van der Waals surface area (Å²) >= 11 is 0. The van der Waals surface area contributed by atoms with Crippen molar-refractivity contribution in [1.82, 2.24) is 0 Å².